The van der Waals surface area contributed by atoms with Crippen LogP contribution in [0.4, 0.5) is 0 Å². The maximum absolute atomic E-state index is 12.2. The molecule has 1 amide bonds. The highest BCUT2D eigenvalue weighted by atomic mass is 16.5. The minimum absolute atomic E-state index is 0.119. The third-order valence-electron chi connectivity index (χ3n) is 4.27. The molecule has 4 heteroatoms. The summed E-state index contributed by atoms with van der Waals surface area (Å²) in [4.78, 5) is 12.2. The molecule has 0 saturated heterocycles. The molecule has 1 N–H and O–H groups in total. The molecule has 0 aliphatic carbocycles. The first-order valence-corrected chi connectivity index (χ1v) is 8.72. The monoisotopic (exact) mass is 349 g/mol. The van der Waals surface area contributed by atoms with Crippen LogP contribution in [-0.2, 0) is 11.2 Å². The molecule has 0 aliphatic heterocycles. The van der Waals surface area contributed by atoms with E-state index in [1.165, 1.54) is 0 Å². The molecule has 3 aromatic rings. The van der Waals surface area contributed by atoms with Gasteiger partial charge >= 0.3 is 0 Å². The molecule has 1 atom stereocenters. The summed E-state index contributed by atoms with van der Waals surface area (Å²) in [6.45, 7) is 2.33. The summed E-state index contributed by atoms with van der Waals surface area (Å²) >= 11 is 0. The van der Waals surface area contributed by atoms with Gasteiger partial charge in [-0.05, 0) is 53.9 Å². The SMILES string of the molecule is COc1ccc(CCNC(=O)[C@@H](C)Oc2ccc3ccccc3c2)cc1. The van der Waals surface area contributed by atoms with Gasteiger partial charge in [0.15, 0.2) is 6.10 Å². The topological polar surface area (TPSA) is 47.6 Å². The molecule has 0 fully saturated rings. The Morgan fingerprint density at radius 3 is 2.38 bits per heavy atom. The van der Waals surface area contributed by atoms with Crippen LogP contribution in [0.25, 0.3) is 10.8 Å². The van der Waals surface area contributed by atoms with Crippen LogP contribution in [0.5, 0.6) is 11.5 Å². The molecular weight excluding hydrogens is 326 g/mol. The van der Waals surface area contributed by atoms with Crippen LogP contribution in [0.2, 0.25) is 0 Å². The molecule has 0 saturated carbocycles. The van der Waals surface area contributed by atoms with Crippen LogP contribution in [0, 0.1) is 0 Å². The lowest BCUT2D eigenvalue weighted by atomic mass is 10.1. The van der Waals surface area contributed by atoms with Crippen molar-refractivity contribution in [1.82, 2.24) is 5.32 Å². The highest BCUT2D eigenvalue weighted by Crippen LogP contribution is 2.21. The van der Waals surface area contributed by atoms with Crippen molar-refractivity contribution in [3.8, 4) is 11.5 Å². The van der Waals surface area contributed by atoms with E-state index in [1.807, 2.05) is 60.7 Å². The van der Waals surface area contributed by atoms with Gasteiger partial charge in [-0.1, -0.05) is 42.5 Å². The van der Waals surface area contributed by atoms with Crippen LogP contribution in [0.3, 0.4) is 0 Å². The Kier molecular flexibility index (Phi) is 5.74. The van der Waals surface area contributed by atoms with Gasteiger partial charge in [-0.25, -0.2) is 0 Å². The van der Waals surface area contributed by atoms with E-state index >= 15 is 0 Å². The number of ether oxygens (including phenoxy) is 2. The Bertz CT molecular complexity index is 874. The number of fused-ring (bicyclic) bond motifs is 1. The first-order chi connectivity index (χ1) is 12.7. The van der Waals surface area contributed by atoms with Crippen molar-refractivity contribution >= 4 is 16.7 Å². The van der Waals surface area contributed by atoms with Crippen LogP contribution in [-0.4, -0.2) is 25.7 Å². The minimum Gasteiger partial charge on any atom is -0.497 e. The van der Waals surface area contributed by atoms with Crippen molar-refractivity contribution in [2.45, 2.75) is 19.4 Å². The molecule has 4 nitrogen and oxygen atoms in total. The molecule has 0 unspecified atom stereocenters. The van der Waals surface area contributed by atoms with Crippen LogP contribution in [0.1, 0.15) is 12.5 Å². The second kappa shape index (κ2) is 8.39. The number of carbonyl (C=O) groups is 1. The number of benzene rings is 3. The van der Waals surface area contributed by atoms with Gasteiger partial charge in [0, 0.05) is 6.54 Å². The van der Waals surface area contributed by atoms with Gasteiger partial charge in [0.05, 0.1) is 7.11 Å². The second-order valence-electron chi connectivity index (χ2n) is 6.16. The lowest BCUT2D eigenvalue weighted by Gasteiger charge is -2.15. The van der Waals surface area contributed by atoms with Crippen LogP contribution >= 0.6 is 0 Å². The van der Waals surface area contributed by atoms with E-state index in [4.69, 9.17) is 9.47 Å². The van der Waals surface area contributed by atoms with Gasteiger partial charge in [0.2, 0.25) is 0 Å². The summed E-state index contributed by atoms with van der Waals surface area (Å²) in [6, 6.07) is 21.8. The quantitative estimate of drug-likeness (QED) is 0.702. The Morgan fingerprint density at radius 2 is 1.65 bits per heavy atom. The Hall–Kier alpha value is -3.01. The molecule has 134 valence electrons. The summed E-state index contributed by atoms with van der Waals surface area (Å²) < 4.78 is 10.9. The maximum atomic E-state index is 12.2. The summed E-state index contributed by atoms with van der Waals surface area (Å²) in [7, 11) is 1.64. The van der Waals surface area contributed by atoms with Gasteiger partial charge in [0.25, 0.3) is 5.91 Å². The average Bonchev–Trinajstić information content (AvgIpc) is 2.68. The summed E-state index contributed by atoms with van der Waals surface area (Å²) in [6.07, 6.45) is 0.213. The van der Waals surface area contributed by atoms with E-state index in [0.717, 1.165) is 28.5 Å². The summed E-state index contributed by atoms with van der Waals surface area (Å²) in [5.74, 6) is 1.41. The fourth-order valence-electron chi connectivity index (χ4n) is 2.76. The fourth-order valence-corrected chi connectivity index (χ4v) is 2.76. The molecule has 0 aliphatic rings. The van der Waals surface area contributed by atoms with Crippen LogP contribution in [0.15, 0.2) is 66.7 Å². The number of nitrogens with one attached hydrogen (secondary N) is 1. The number of hydrogen-bond acceptors (Lipinski definition) is 3. The minimum atomic E-state index is -0.549. The van der Waals surface area contributed by atoms with Crippen molar-refractivity contribution < 1.29 is 14.3 Å². The van der Waals surface area contributed by atoms with E-state index in [1.54, 1.807) is 14.0 Å². The molecule has 3 aromatic carbocycles. The predicted octanol–water partition coefficient (Wildman–Crippen LogP) is 3.97. The fraction of sp³-hybridized carbons (Fsp3) is 0.227. The zero-order valence-corrected chi connectivity index (χ0v) is 15.1. The van der Waals surface area contributed by atoms with Gasteiger partial charge in [-0.2, -0.15) is 0 Å². The second-order valence-corrected chi connectivity index (χ2v) is 6.16. The van der Waals surface area contributed by atoms with Crippen molar-refractivity contribution in [2.24, 2.45) is 0 Å². The number of carbonyl (C=O) groups excluding carboxylic acids is 1. The summed E-state index contributed by atoms with van der Waals surface area (Å²) in [5, 5.41) is 5.17. The highest BCUT2D eigenvalue weighted by molar-refractivity contribution is 5.84. The van der Waals surface area contributed by atoms with Gasteiger partial charge in [0.1, 0.15) is 11.5 Å². The van der Waals surface area contributed by atoms with E-state index in [2.05, 4.69) is 11.4 Å². The van der Waals surface area contributed by atoms with E-state index in [9.17, 15) is 4.79 Å². The van der Waals surface area contributed by atoms with E-state index < -0.39 is 6.10 Å². The lowest BCUT2D eigenvalue weighted by Crippen LogP contribution is -2.37. The Balaban J connectivity index is 1.50. The molecule has 0 spiro atoms. The molecule has 3 rings (SSSR count). The van der Waals surface area contributed by atoms with Crippen molar-refractivity contribution in [3.05, 3.63) is 72.3 Å². The molecular formula is C22H23NO3. The van der Waals surface area contributed by atoms with Crippen molar-refractivity contribution in [1.29, 1.82) is 0 Å². The molecule has 0 heterocycles. The molecule has 0 aromatic heterocycles. The molecule has 0 bridgehead atoms. The molecule has 26 heavy (non-hydrogen) atoms. The van der Waals surface area contributed by atoms with Crippen molar-refractivity contribution in [3.63, 3.8) is 0 Å². The zero-order valence-electron chi connectivity index (χ0n) is 15.1. The number of rotatable bonds is 7. The smallest absolute Gasteiger partial charge is 0.260 e. The largest absolute Gasteiger partial charge is 0.497 e. The average molecular weight is 349 g/mol. The lowest BCUT2D eigenvalue weighted by molar-refractivity contribution is -0.127. The first kappa shape index (κ1) is 17.8. The van der Waals surface area contributed by atoms with Gasteiger partial charge in [-0.3, -0.25) is 4.79 Å². The highest BCUT2D eigenvalue weighted by Gasteiger charge is 2.14. The normalized spacial score (nSPS) is 11.8. The predicted molar refractivity (Wildman–Crippen MR) is 104 cm³/mol. The van der Waals surface area contributed by atoms with Crippen molar-refractivity contribution in [2.75, 3.05) is 13.7 Å². The van der Waals surface area contributed by atoms with Gasteiger partial charge in [-0.15, -0.1) is 0 Å². The van der Waals surface area contributed by atoms with E-state index in [-0.39, 0.29) is 5.91 Å². The standard InChI is InChI=1S/C22H23NO3/c1-16(26-21-12-9-18-5-3-4-6-19(18)15-21)22(24)23-14-13-17-7-10-20(25-2)11-8-17/h3-12,15-16H,13-14H2,1-2H3,(H,23,24)/t16-/m1/s1. The number of amides is 1. The van der Waals surface area contributed by atoms with Gasteiger partial charge < -0.3 is 14.8 Å². The molecule has 0 radical (unpaired) electrons. The Morgan fingerprint density at radius 1 is 0.962 bits per heavy atom. The third kappa shape index (κ3) is 4.54. The van der Waals surface area contributed by atoms with Crippen LogP contribution < -0.4 is 14.8 Å². The Labute approximate surface area is 153 Å². The first-order valence-electron chi connectivity index (χ1n) is 8.72. The zero-order chi connectivity index (χ0) is 18.4. The third-order valence-corrected chi connectivity index (χ3v) is 4.27. The summed E-state index contributed by atoms with van der Waals surface area (Å²) in [5.41, 5.74) is 1.15. The maximum Gasteiger partial charge on any atom is 0.260 e. The number of hydrogen-bond donors (Lipinski definition) is 1. The number of methoxy groups -OCH3 is 1. The van der Waals surface area contributed by atoms with E-state index in [0.29, 0.717) is 12.3 Å².